The quantitative estimate of drug-likeness (QED) is 0.515. The fourth-order valence-electron chi connectivity index (χ4n) is 2.21. The molecule has 2 aromatic heterocycles. The number of aromatic amines is 1. The number of aromatic nitrogens is 4. The second kappa shape index (κ2) is 4.51. The topological polar surface area (TPSA) is 139 Å². The van der Waals surface area contributed by atoms with E-state index in [2.05, 4.69) is 15.0 Å². The summed E-state index contributed by atoms with van der Waals surface area (Å²) in [7, 11) is 0. The van der Waals surface area contributed by atoms with E-state index < -0.39 is 36.8 Å². The minimum absolute atomic E-state index is 0.0167. The fourth-order valence-corrected chi connectivity index (χ4v) is 2.21. The Bertz CT molecular complexity index is 701. The summed E-state index contributed by atoms with van der Waals surface area (Å²) in [6.07, 6.45) is -4.36. The van der Waals surface area contributed by atoms with E-state index >= 15 is 0 Å². The molecule has 2 aromatic rings. The van der Waals surface area contributed by atoms with Gasteiger partial charge in [-0.15, -0.1) is 0 Å². The van der Waals surface area contributed by atoms with Crippen molar-refractivity contribution in [3.63, 3.8) is 0 Å². The summed E-state index contributed by atoms with van der Waals surface area (Å²) in [5, 5.41) is 18.6. The van der Waals surface area contributed by atoms with Gasteiger partial charge in [-0.2, -0.15) is 4.98 Å². The maximum absolute atomic E-state index is 14.0. The van der Waals surface area contributed by atoms with Crippen LogP contribution in [0.2, 0.25) is 0 Å². The largest absolute Gasteiger partial charge is 0.394 e. The van der Waals surface area contributed by atoms with Crippen LogP contribution in [0.1, 0.15) is 6.23 Å². The number of aliphatic hydroxyl groups excluding tert-OH is 2. The molecule has 5 N–H and O–H groups in total. The van der Waals surface area contributed by atoms with Crippen LogP contribution in [-0.4, -0.2) is 54.7 Å². The molecule has 0 amide bonds. The van der Waals surface area contributed by atoms with E-state index in [1.807, 2.05) is 0 Å². The number of H-pyrrole nitrogens is 1. The maximum Gasteiger partial charge on any atom is 0.280 e. The van der Waals surface area contributed by atoms with Crippen LogP contribution in [0.5, 0.6) is 0 Å². The van der Waals surface area contributed by atoms with Crippen LogP contribution in [0, 0.1) is 0 Å². The number of nitrogen functional groups attached to an aromatic ring is 1. The Balaban J connectivity index is 2.09. The van der Waals surface area contributed by atoms with Crippen LogP contribution in [0.25, 0.3) is 11.2 Å². The van der Waals surface area contributed by atoms with Crippen LogP contribution in [-0.2, 0) is 4.74 Å². The average Bonchev–Trinajstić information content (AvgIpc) is 2.93. The second-order valence-electron chi connectivity index (χ2n) is 4.46. The van der Waals surface area contributed by atoms with Gasteiger partial charge in [0.2, 0.25) is 5.95 Å². The zero-order valence-corrected chi connectivity index (χ0v) is 10.1. The van der Waals surface area contributed by atoms with Crippen LogP contribution in [0.15, 0.2) is 11.1 Å². The first-order valence-electron chi connectivity index (χ1n) is 5.83. The summed E-state index contributed by atoms with van der Waals surface area (Å²) in [4.78, 5) is 21.6. The SMILES string of the molecule is Nc1nc2c(ncn2C2OC(CO)C(O)C2F)c(=O)[nH]1. The van der Waals surface area contributed by atoms with Crippen molar-refractivity contribution < 1.29 is 19.3 Å². The number of nitrogens with one attached hydrogen (secondary N) is 1. The van der Waals surface area contributed by atoms with Crippen molar-refractivity contribution in [1.82, 2.24) is 19.5 Å². The summed E-state index contributed by atoms with van der Waals surface area (Å²) < 4.78 is 20.4. The molecule has 1 fully saturated rings. The van der Waals surface area contributed by atoms with E-state index in [1.54, 1.807) is 0 Å². The molecule has 10 heteroatoms. The monoisotopic (exact) mass is 285 g/mol. The standard InChI is InChI=1S/C10H12FN5O4/c11-4-6(18)3(1-17)20-9(4)16-2-13-5-7(16)14-10(12)15-8(5)19/h2-4,6,9,17-18H,1H2,(H3,12,14,15,19). The van der Waals surface area contributed by atoms with Crippen LogP contribution in [0.3, 0.4) is 0 Å². The minimum Gasteiger partial charge on any atom is -0.394 e. The van der Waals surface area contributed by atoms with Gasteiger partial charge in [0.25, 0.3) is 5.56 Å². The van der Waals surface area contributed by atoms with Gasteiger partial charge in [-0.3, -0.25) is 14.3 Å². The van der Waals surface area contributed by atoms with Crippen molar-refractivity contribution in [2.24, 2.45) is 0 Å². The van der Waals surface area contributed by atoms with Gasteiger partial charge in [0.05, 0.1) is 12.9 Å². The molecule has 4 atom stereocenters. The number of hydrogen-bond donors (Lipinski definition) is 4. The fraction of sp³-hybridized carbons (Fsp3) is 0.500. The van der Waals surface area contributed by atoms with Gasteiger partial charge in [-0.05, 0) is 0 Å². The van der Waals surface area contributed by atoms with Gasteiger partial charge in [0, 0.05) is 0 Å². The third kappa shape index (κ3) is 1.77. The van der Waals surface area contributed by atoms with Crippen molar-refractivity contribution in [2.75, 3.05) is 12.3 Å². The molecule has 1 saturated heterocycles. The predicted octanol–water partition coefficient (Wildman–Crippen LogP) is -1.71. The highest BCUT2D eigenvalue weighted by molar-refractivity contribution is 5.70. The van der Waals surface area contributed by atoms with Gasteiger partial charge in [-0.25, -0.2) is 9.37 Å². The molecular weight excluding hydrogens is 273 g/mol. The molecule has 9 nitrogen and oxygen atoms in total. The van der Waals surface area contributed by atoms with Gasteiger partial charge >= 0.3 is 0 Å². The highest BCUT2D eigenvalue weighted by atomic mass is 19.1. The molecule has 1 aliphatic rings. The van der Waals surface area contributed by atoms with Crippen LogP contribution >= 0.6 is 0 Å². The Kier molecular flexibility index (Phi) is 2.92. The van der Waals surface area contributed by atoms with Gasteiger partial charge in [0.15, 0.2) is 23.6 Å². The molecule has 1 aliphatic heterocycles. The molecule has 3 heterocycles. The first-order chi connectivity index (χ1) is 9.52. The van der Waals surface area contributed by atoms with Crippen LogP contribution in [0.4, 0.5) is 10.3 Å². The Morgan fingerprint density at radius 1 is 1.60 bits per heavy atom. The molecule has 3 rings (SSSR count). The number of nitrogens with two attached hydrogens (primary N) is 1. The lowest BCUT2D eigenvalue weighted by Crippen LogP contribution is -2.30. The zero-order valence-electron chi connectivity index (χ0n) is 10.1. The molecule has 0 saturated carbocycles. The smallest absolute Gasteiger partial charge is 0.280 e. The van der Waals surface area contributed by atoms with Gasteiger partial charge in [-0.1, -0.05) is 0 Å². The zero-order chi connectivity index (χ0) is 14.4. The van der Waals surface area contributed by atoms with Crippen molar-refractivity contribution in [2.45, 2.75) is 24.6 Å². The molecule has 20 heavy (non-hydrogen) atoms. The van der Waals surface area contributed by atoms with E-state index in [9.17, 15) is 14.3 Å². The minimum atomic E-state index is -1.79. The number of fused-ring (bicyclic) bond motifs is 1. The van der Waals surface area contributed by atoms with E-state index in [0.717, 1.165) is 0 Å². The Morgan fingerprint density at radius 2 is 2.35 bits per heavy atom. The second-order valence-corrected chi connectivity index (χ2v) is 4.46. The highest BCUT2D eigenvalue weighted by Crippen LogP contribution is 2.32. The average molecular weight is 285 g/mol. The third-order valence-corrected chi connectivity index (χ3v) is 3.20. The molecule has 0 aliphatic carbocycles. The number of anilines is 1. The summed E-state index contributed by atoms with van der Waals surface area (Å²) in [6.45, 7) is -0.527. The molecule has 0 radical (unpaired) electrons. The summed E-state index contributed by atoms with van der Waals surface area (Å²) in [5.41, 5.74) is 4.91. The third-order valence-electron chi connectivity index (χ3n) is 3.20. The number of imidazole rings is 1. The number of halogens is 1. The molecule has 4 unspecified atom stereocenters. The lowest BCUT2D eigenvalue weighted by Gasteiger charge is -2.14. The number of ether oxygens (including phenoxy) is 1. The van der Waals surface area contributed by atoms with Crippen molar-refractivity contribution >= 4 is 17.1 Å². The molecular formula is C10H12FN5O4. The van der Waals surface area contributed by atoms with Crippen molar-refractivity contribution in [3.8, 4) is 0 Å². The summed E-state index contributed by atoms with van der Waals surface area (Å²) >= 11 is 0. The Hall–Kier alpha value is -2.04. The van der Waals surface area contributed by atoms with Gasteiger partial charge < -0.3 is 20.7 Å². The number of hydrogen-bond acceptors (Lipinski definition) is 7. The first kappa shape index (κ1) is 13.0. The molecule has 0 aromatic carbocycles. The predicted molar refractivity (Wildman–Crippen MR) is 64.5 cm³/mol. The molecule has 108 valence electrons. The number of aliphatic hydroxyl groups is 2. The van der Waals surface area contributed by atoms with Crippen molar-refractivity contribution in [3.05, 3.63) is 16.7 Å². The normalized spacial score (nSPS) is 30.1. The van der Waals surface area contributed by atoms with E-state index in [4.69, 9.17) is 15.6 Å². The van der Waals surface area contributed by atoms with Crippen molar-refractivity contribution in [1.29, 1.82) is 0 Å². The maximum atomic E-state index is 14.0. The summed E-state index contributed by atoms with van der Waals surface area (Å²) in [6, 6.07) is 0. The number of nitrogens with zero attached hydrogens (tertiary/aromatic N) is 3. The van der Waals surface area contributed by atoms with E-state index in [0.29, 0.717) is 0 Å². The van der Waals surface area contributed by atoms with E-state index in [-0.39, 0.29) is 17.1 Å². The van der Waals surface area contributed by atoms with E-state index in [1.165, 1.54) is 10.9 Å². The number of rotatable bonds is 2. The van der Waals surface area contributed by atoms with Crippen LogP contribution < -0.4 is 11.3 Å². The lowest BCUT2D eigenvalue weighted by atomic mass is 10.1. The Morgan fingerprint density at radius 3 is 3.00 bits per heavy atom. The lowest BCUT2D eigenvalue weighted by molar-refractivity contribution is -0.0459. The van der Waals surface area contributed by atoms with Gasteiger partial charge in [0.1, 0.15) is 12.2 Å². The highest BCUT2D eigenvalue weighted by Gasteiger charge is 2.45. The summed E-state index contributed by atoms with van der Waals surface area (Å²) in [5.74, 6) is -0.142. The molecule has 0 spiro atoms. The Labute approximate surface area is 110 Å². The first-order valence-corrected chi connectivity index (χ1v) is 5.83. The molecule has 0 bridgehead atoms. The number of alkyl halides is 1.